The summed E-state index contributed by atoms with van der Waals surface area (Å²) < 4.78 is 11.8. The largest absolute Gasteiger partial charge is 0.507 e. The summed E-state index contributed by atoms with van der Waals surface area (Å²) in [6.45, 7) is 1.86. The summed E-state index contributed by atoms with van der Waals surface area (Å²) >= 11 is 2.08. The van der Waals surface area contributed by atoms with E-state index in [4.69, 9.17) is 0 Å². The van der Waals surface area contributed by atoms with E-state index >= 15 is 0 Å². The van der Waals surface area contributed by atoms with Crippen molar-refractivity contribution in [1.29, 1.82) is 0 Å². The molecule has 2 unspecified atom stereocenters. The molecule has 100 valence electrons. The van der Waals surface area contributed by atoms with Crippen LogP contribution in [0.3, 0.4) is 0 Å². The highest BCUT2D eigenvalue weighted by atomic mass is 127. The summed E-state index contributed by atoms with van der Waals surface area (Å²) in [5.74, 6) is 0.222. The fourth-order valence-electron chi connectivity index (χ4n) is 1.41. The number of halogens is 1. The average molecular weight is 381 g/mol. The number of aromatic hydroxyl groups is 1. The molecule has 2 N–H and O–H groups in total. The van der Waals surface area contributed by atoms with Crippen LogP contribution < -0.4 is 5.32 Å². The molecule has 0 fully saturated rings. The molecule has 0 bridgehead atoms. The third-order valence-corrected chi connectivity index (χ3v) is 3.90. The predicted octanol–water partition coefficient (Wildman–Crippen LogP) is 1.88. The molecule has 0 heterocycles. The van der Waals surface area contributed by atoms with Gasteiger partial charge in [0, 0.05) is 32.4 Å². The van der Waals surface area contributed by atoms with Crippen LogP contribution in [-0.2, 0) is 10.8 Å². The zero-order valence-corrected chi connectivity index (χ0v) is 13.2. The highest BCUT2D eigenvalue weighted by Crippen LogP contribution is 2.19. The molecular weight excluding hydrogens is 365 g/mol. The molecule has 0 aromatic heterocycles. The van der Waals surface area contributed by atoms with Gasteiger partial charge in [0.05, 0.1) is 5.56 Å². The van der Waals surface area contributed by atoms with Crippen LogP contribution in [0.2, 0.25) is 0 Å². The molecule has 0 radical (unpaired) electrons. The first-order chi connectivity index (χ1) is 8.40. The summed E-state index contributed by atoms with van der Waals surface area (Å²) in [5.41, 5.74) is 0.270. The molecule has 0 saturated carbocycles. The summed E-state index contributed by atoms with van der Waals surface area (Å²) in [6.07, 6.45) is 2.29. The molecule has 0 aliphatic heterocycles. The molecule has 18 heavy (non-hydrogen) atoms. The van der Waals surface area contributed by atoms with E-state index in [1.54, 1.807) is 18.4 Å². The number of benzene rings is 1. The van der Waals surface area contributed by atoms with E-state index in [2.05, 4.69) is 27.9 Å². The van der Waals surface area contributed by atoms with Gasteiger partial charge in [-0.05, 0) is 54.1 Å². The summed E-state index contributed by atoms with van der Waals surface area (Å²) in [6, 6.07) is 4.80. The van der Waals surface area contributed by atoms with E-state index in [-0.39, 0.29) is 23.3 Å². The van der Waals surface area contributed by atoms with Crippen molar-refractivity contribution in [3.8, 4) is 5.75 Å². The third-order valence-electron chi connectivity index (χ3n) is 2.42. The minimum Gasteiger partial charge on any atom is -0.507 e. The molecule has 1 rings (SSSR count). The quantitative estimate of drug-likeness (QED) is 0.766. The van der Waals surface area contributed by atoms with Crippen LogP contribution in [0.25, 0.3) is 0 Å². The number of hydrogen-bond donors (Lipinski definition) is 2. The third kappa shape index (κ3) is 4.93. The Bertz CT molecular complexity index is 465. The smallest absolute Gasteiger partial charge is 0.255 e. The normalized spacial score (nSPS) is 13.9. The second-order valence-electron chi connectivity index (χ2n) is 4.10. The Kier molecular flexibility index (Phi) is 6.07. The van der Waals surface area contributed by atoms with Gasteiger partial charge in [0.2, 0.25) is 0 Å². The van der Waals surface area contributed by atoms with E-state index in [1.165, 1.54) is 6.07 Å². The van der Waals surface area contributed by atoms with Gasteiger partial charge >= 0.3 is 0 Å². The lowest BCUT2D eigenvalue weighted by Gasteiger charge is -2.14. The van der Waals surface area contributed by atoms with Crippen LogP contribution >= 0.6 is 22.6 Å². The lowest BCUT2D eigenvalue weighted by Crippen LogP contribution is -2.33. The monoisotopic (exact) mass is 381 g/mol. The van der Waals surface area contributed by atoms with E-state index in [9.17, 15) is 14.1 Å². The first-order valence-corrected chi connectivity index (χ1v) is 8.30. The van der Waals surface area contributed by atoms with Gasteiger partial charge in [-0.2, -0.15) is 0 Å². The Balaban J connectivity index is 2.64. The Morgan fingerprint density at radius 3 is 2.83 bits per heavy atom. The average Bonchev–Trinajstić information content (AvgIpc) is 2.29. The number of carbonyl (C=O) groups is 1. The van der Waals surface area contributed by atoms with Gasteiger partial charge in [-0.3, -0.25) is 9.00 Å². The van der Waals surface area contributed by atoms with Crippen LogP contribution in [0.5, 0.6) is 5.75 Å². The van der Waals surface area contributed by atoms with Gasteiger partial charge in [0.15, 0.2) is 0 Å². The Labute approximate surface area is 123 Å². The Morgan fingerprint density at radius 2 is 2.22 bits per heavy atom. The molecule has 1 amide bonds. The molecular formula is C12H16INO3S. The number of phenols is 1. The van der Waals surface area contributed by atoms with Crippen LogP contribution in [0.15, 0.2) is 18.2 Å². The maximum absolute atomic E-state index is 11.9. The summed E-state index contributed by atoms with van der Waals surface area (Å²) in [4.78, 5) is 11.9. The fourth-order valence-corrected chi connectivity index (χ4v) is 2.58. The lowest BCUT2D eigenvalue weighted by atomic mass is 10.1. The van der Waals surface area contributed by atoms with E-state index in [1.807, 2.05) is 6.92 Å². The SMILES string of the molecule is CC(CCS(C)=O)NC(=O)c1cc(I)ccc1O. The van der Waals surface area contributed by atoms with E-state index in [0.29, 0.717) is 12.2 Å². The van der Waals surface area contributed by atoms with Gasteiger partial charge in [0.25, 0.3) is 5.91 Å². The minimum atomic E-state index is -0.855. The first kappa shape index (κ1) is 15.4. The number of nitrogens with one attached hydrogen (secondary N) is 1. The first-order valence-electron chi connectivity index (χ1n) is 5.49. The lowest BCUT2D eigenvalue weighted by molar-refractivity contribution is 0.0936. The molecule has 4 nitrogen and oxygen atoms in total. The van der Waals surface area contributed by atoms with Crippen molar-refractivity contribution in [2.75, 3.05) is 12.0 Å². The Morgan fingerprint density at radius 1 is 1.56 bits per heavy atom. The topological polar surface area (TPSA) is 66.4 Å². The van der Waals surface area contributed by atoms with Crippen molar-refractivity contribution >= 4 is 39.3 Å². The molecule has 1 aromatic carbocycles. The number of phenolic OH excluding ortho intramolecular Hbond substituents is 1. The van der Waals surface area contributed by atoms with Crippen molar-refractivity contribution in [3.63, 3.8) is 0 Å². The molecule has 0 spiro atoms. The number of carbonyl (C=O) groups excluding carboxylic acids is 1. The molecule has 0 saturated heterocycles. The van der Waals surface area contributed by atoms with Gasteiger partial charge < -0.3 is 10.4 Å². The molecule has 0 aliphatic rings. The standard InChI is InChI=1S/C12H16INO3S/c1-8(5-6-18(2)17)14-12(16)10-7-9(13)3-4-11(10)15/h3-4,7-8,15H,5-6H2,1-2H3,(H,14,16). The molecule has 0 aliphatic carbocycles. The second-order valence-corrected chi connectivity index (χ2v) is 6.90. The molecule has 2 atom stereocenters. The van der Waals surface area contributed by atoms with Crippen LogP contribution in [0.1, 0.15) is 23.7 Å². The van der Waals surface area contributed by atoms with E-state index < -0.39 is 10.8 Å². The number of hydrogen-bond acceptors (Lipinski definition) is 3. The van der Waals surface area contributed by atoms with Crippen LogP contribution in [0, 0.1) is 3.57 Å². The van der Waals surface area contributed by atoms with Crippen molar-refractivity contribution in [2.24, 2.45) is 0 Å². The van der Waals surface area contributed by atoms with Gasteiger partial charge in [0.1, 0.15) is 5.75 Å². The maximum atomic E-state index is 11.9. The van der Waals surface area contributed by atoms with Crippen molar-refractivity contribution < 1.29 is 14.1 Å². The van der Waals surface area contributed by atoms with Crippen LogP contribution in [0.4, 0.5) is 0 Å². The maximum Gasteiger partial charge on any atom is 0.255 e. The van der Waals surface area contributed by atoms with Crippen molar-refractivity contribution in [3.05, 3.63) is 27.3 Å². The highest BCUT2D eigenvalue weighted by Gasteiger charge is 2.14. The zero-order valence-electron chi connectivity index (χ0n) is 10.3. The number of amides is 1. The van der Waals surface area contributed by atoms with Gasteiger partial charge in [-0.1, -0.05) is 0 Å². The molecule has 1 aromatic rings. The van der Waals surface area contributed by atoms with Crippen LogP contribution in [-0.4, -0.2) is 33.3 Å². The predicted molar refractivity (Wildman–Crippen MR) is 81.3 cm³/mol. The highest BCUT2D eigenvalue weighted by molar-refractivity contribution is 14.1. The van der Waals surface area contributed by atoms with Gasteiger partial charge in [-0.15, -0.1) is 0 Å². The fraction of sp³-hybridized carbons (Fsp3) is 0.417. The minimum absolute atomic E-state index is 0.0285. The molecule has 6 heteroatoms. The van der Waals surface area contributed by atoms with Crippen molar-refractivity contribution in [1.82, 2.24) is 5.32 Å². The second kappa shape index (κ2) is 7.08. The summed E-state index contributed by atoms with van der Waals surface area (Å²) in [7, 11) is -0.855. The van der Waals surface area contributed by atoms with Crippen molar-refractivity contribution in [2.45, 2.75) is 19.4 Å². The zero-order chi connectivity index (χ0) is 13.7. The van der Waals surface area contributed by atoms with Gasteiger partial charge in [-0.25, -0.2) is 0 Å². The number of rotatable bonds is 5. The van der Waals surface area contributed by atoms with E-state index in [0.717, 1.165) is 3.57 Å². The summed E-state index contributed by atoms with van der Waals surface area (Å²) in [5, 5.41) is 12.4. The Hall–Kier alpha value is -0.630.